The highest BCUT2D eigenvalue weighted by molar-refractivity contribution is 7.99. The summed E-state index contributed by atoms with van der Waals surface area (Å²) in [5.74, 6) is -0.637. The lowest BCUT2D eigenvalue weighted by molar-refractivity contribution is -0.384. The quantitative estimate of drug-likeness (QED) is 0.315. The molecule has 2 atom stereocenters. The van der Waals surface area contributed by atoms with E-state index in [0.717, 1.165) is 25.1 Å². The number of nitrogens with zero attached hydrogens (tertiary/aromatic N) is 1. The summed E-state index contributed by atoms with van der Waals surface area (Å²) in [4.78, 5) is 36.8. The molecule has 9 nitrogen and oxygen atoms in total. The standard InChI is InChI=1S/C23H29N3O6S/c1-4-32-23(28)21-18(13-33-12-16-8-6-10-24-16)25-14(2)19(22(27)31-3)20(21)15-7-5-9-17(11-15)26(29)30/h5,7,9,11,16,20,24-25H,4,6,8,10,12-13H2,1-3H3. The Morgan fingerprint density at radius 1 is 1.27 bits per heavy atom. The normalized spacial score (nSPS) is 20.5. The van der Waals surface area contributed by atoms with Crippen LogP contribution in [-0.4, -0.2) is 54.7 Å². The number of methoxy groups -OCH3 is 1. The number of allylic oxidation sites excluding steroid dienone is 1. The average molecular weight is 476 g/mol. The molecule has 0 radical (unpaired) electrons. The average Bonchev–Trinajstić information content (AvgIpc) is 3.32. The fourth-order valence-electron chi connectivity index (χ4n) is 4.19. The molecule has 0 saturated carbocycles. The summed E-state index contributed by atoms with van der Waals surface area (Å²) in [5.41, 5.74) is 2.01. The van der Waals surface area contributed by atoms with Gasteiger partial charge in [-0.2, -0.15) is 11.8 Å². The number of carbonyl (C=O) groups excluding carboxylic acids is 2. The van der Waals surface area contributed by atoms with E-state index >= 15 is 0 Å². The summed E-state index contributed by atoms with van der Waals surface area (Å²) < 4.78 is 10.4. The summed E-state index contributed by atoms with van der Waals surface area (Å²) in [6.07, 6.45) is 2.27. The predicted octanol–water partition coefficient (Wildman–Crippen LogP) is 3.03. The van der Waals surface area contributed by atoms with Crippen LogP contribution in [0, 0.1) is 10.1 Å². The van der Waals surface area contributed by atoms with E-state index in [2.05, 4.69) is 10.6 Å². The minimum atomic E-state index is -0.849. The number of dihydropyridines is 1. The fourth-order valence-corrected chi connectivity index (χ4v) is 5.31. The second kappa shape index (κ2) is 11.3. The highest BCUT2D eigenvalue weighted by Crippen LogP contribution is 2.40. The molecule has 2 aliphatic rings. The van der Waals surface area contributed by atoms with Gasteiger partial charge < -0.3 is 20.1 Å². The first-order chi connectivity index (χ1) is 15.9. The summed E-state index contributed by atoms with van der Waals surface area (Å²) in [7, 11) is 1.26. The number of nitrogens with one attached hydrogen (secondary N) is 2. The predicted molar refractivity (Wildman–Crippen MR) is 126 cm³/mol. The molecule has 0 amide bonds. The van der Waals surface area contributed by atoms with E-state index in [9.17, 15) is 19.7 Å². The van der Waals surface area contributed by atoms with Crippen LogP contribution in [-0.2, 0) is 19.1 Å². The van der Waals surface area contributed by atoms with Gasteiger partial charge in [0.2, 0.25) is 0 Å². The van der Waals surface area contributed by atoms with Gasteiger partial charge in [-0.25, -0.2) is 9.59 Å². The monoisotopic (exact) mass is 475 g/mol. The van der Waals surface area contributed by atoms with Crippen molar-refractivity contribution in [3.8, 4) is 0 Å². The molecule has 0 spiro atoms. The molecule has 2 N–H and O–H groups in total. The molecule has 1 aromatic carbocycles. The Hall–Kier alpha value is -2.85. The van der Waals surface area contributed by atoms with E-state index in [0.29, 0.717) is 28.8 Å². The van der Waals surface area contributed by atoms with Crippen molar-refractivity contribution in [1.29, 1.82) is 0 Å². The van der Waals surface area contributed by atoms with Gasteiger partial charge in [-0.3, -0.25) is 10.1 Å². The van der Waals surface area contributed by atoms with Crippen LogP contribution in [0.3, 0.4) is 0 Å². The van der Waals surface area contributed by atoms with Gasteiger partial charge in [0.15, 0.2) is 0 Å². The number of ether oxygens (including phenoxy) is 2. The second-order valence-electron chi connectivity index (χ2n) is 7.86. The molecular formula is C23H29N3O6S. The Labute approximate surface area is 197 Å². The van der Waals surface area contributed by atoms with E-state index in [1.54, 1.807) is 37.7 Å². The minimum Gasteiger partial charge on any atom is -0.466 e. The van der Waals surface area contributed by atoms with Gasteiger partial charge in [-0.15, -0.1) is 0 Å². The van der Waals surface area contributed by atoms with Gasteiger partial charge in [0.05, 0.1) is 35.7 Å². The molecule has 2 aliphatic heterocycles. The Balaban J connectivity index is 2.06. The minimum absolute atomic E-state index is 0.126. The summed E-state index contributed by atoms with van der Waals surface area (Å²) in [6.45, 7) is 4.62. The molecule has 2 heterocycles. The van der Waals surface area contributed by atoms with E-state index in [1.807, 2.05) is 0 Å². The summed E-state index contributed by atoms with van der Waals surface area (Å²) in [6, 6.07) is 6.41. The van der Waals surface area contributed by atoms with Crippen LogP contribution < -0.4 is 10.6 Å². The first-order valence-corrected chi connectivity index (χ1v) is 12.0. The molecule has 0 aliphatic carbocycles. The lowest BCUT2D eigenvalue weighted by Crippen LogP contribution is -2.34. The zero-order valence-electron chi connectivity index (χ0n) is 19.0. The molecule has 1 saturated heterocycles. The van der Waals surface area contributed by atoms with Crippen molar-refractivity contribution in [1.82, 2.24) is 10.6 Å². The van der Waals surface area contributed by atoms with Crippen LogP contribution in [0.1, 0.15) is 38.2 Å². The van der Waals surface area contributed by atoms with Crippen molar-refractivity contribution < 1.29 is 24.0 Å². The van der Waals surface area contributed by atoms with E-state index in [-0.39, 0.29) is 23.4 Å². The smallest absolute Gasteiger partial charge is 0.336 e. The molecule has 178 valence electrons. The number of nitro benzene ring substituents is 1. The van der Waals surface area contributed by atoms with Gasteiger partial charge in [-0.05, 0) is 38.8 Å². The van der Waals surface area contributed by atoms with Gasteiger partial charge in [0.1, 0.15) is 0 Å². The third kappa shape index (κ3) is 5.75. The number of benzene rings is 1. The molecule has 0 aromatic heterocycles. The lowest BCUT2D eigenvalue weighted by atomic mass is 9.80. The molecular weight excluding hydrogens is 446 g/mol. The van der Waals surface area contributed by atoms with E-state index in [4.69, 9.17) is 9.47 Å². The molecule has 3 rings (SSSR count). The number of rotatable bonds is 9. The first kappa shape index (κ1) is 24.8. The summed E-state index contributed by atoms with van der Waals surface area (Å²) in [5, 5.41) is 18.1. The SMILES string of the molecule is CCOC(=O)C1=C(CSCC2CCCN2)NC(C)=C(C(=O)OC)C1c1cccc([N+](=O)[O-])c1. The third-order valence-corrected chi connectivity index (χ3v) is 6.82. The molecule has 2 unspecified atom stereocenters. The van der Waals surface area contributed by atoms with Gasteiger partial charge >= 0.3 is 11.9 Å². The number of nitro groups is 1. The number of thioether (sulfide) groups is 1. The van der Waals surface area contributed by atoms with Crippen LogP contribution in [0.25, 0.3) is 0 Å². The molecule has 33 heavy (non-hydrogen) atoms. The Kier molecular flexibility index (Phi) is 8.51. The molecule has 10 heteroatoms. The van der Waals surface area contributed by atoms with Crippen molar-refractivity contribution in [2.75, 3.05) is 31.8 Å². The van der Waals surface area contributed by atoms with Crippen molar-refractivity contribution >= 4 is 29.4 Å². The zero-order chi connectivity index (χ0) is 24.0. The first-order valence-electron chi connectivity index (χ1n) is 10.9. The maximum absolute atomic E-state index is 13.1. The Morgan fingerprint density at radius 2 is 2.06 bits per heavy atom. The molecule has 1 aromatic rings. The Morgan fingerprint density at radius 3 is 2.70 bits per heavy atom. The number of carbonyl (C=O) groups is 2. The van der Waals surface area contributed by atoms with Crippen LogP contribution in [0.15, 0.2) is 46.8 Å². The third-order valence-electron chi connectivity index (χ3n) is 5.69. The van der Waals surface area contributed by atoms with Crippen molar-refractivity contribution in [2.45, 2.75) is 38.6 Å². The van der Waals surface area contributed by atoms with Gasteiger partial charge in [0.25, 0.3) is 5.69 Å². The highest BCUT2D eigenvalue weighted by Gasteiger charge is 2.39. The second-order valence-corrected chi connectivity index (χ2v) is 8.89. The topological polar surface area (TPSA) is 120 Å². The van der Waals surface area contributed by atoms with Crippen LogP contribution in [0.4, 0.5) is 5.69 Å². The number of hydrogen-bond acceptors (Lipinski definition) is 9. The Bertz CT molecular complexity index is 984. The maximum atomic E-state index is 13.1. The molecule has 0 bridgehead atoms. The van der Waals surface area contributed by atoms with Crippen LogP contribution in [0.5, 0.6) is 0 Å². The number of non-ortho nitro benzene ring substituents is 1. The summed E-state index contributed by atoms with van der Waals surface area (Å²) >= 11 is 1.68. The largest absolute Gasteiger partial charge is 0.466 e. The van der Waals surface area contributed by atoms with Crippen molar-refractivity contribution in [3.05, 3.63) is 62.5 Å². The molecule has 1 fully saturated rings. The number of hydrogen-bond donors (Lipinski definition) is 2. The van der Waals surface area contributed by atoms with E-state index in [1.165, 1.54) is 19.2 Å². The maximum Gasteiger partial charge on any atom is 0.336 e. The van der Waals surface area contributed by atoms with Crippen molar-refractivity contribution in [2.24, 2.45) is 0 Å². The van der Waals surface area contributed by atoms with Crippen LogP contribution >= 0.6 is 11.8 Å². The number of esters is 2. The zero-order valence-corrected chi connectivity index (χ0v) is 19.8. The van der Waals surface area contributed by atoms with Gasteiger partial charge in [-0.1, -0.05) is 12.1 Å². The van der Waals surface area contributed by atoms with E-state index < -0.39 is 22.8 Å². The van der Waals surface area contributed by atoms with Gasteiger partial charge in [0, 0.05) is 41.1 Å². The fraction of sp³-hybridized carbons (Fsp3) is 0.478. The van der Waals surface area contributed by atoms with Crippen LogP contribution in [0.2, 0.25) is 0 Å². The van der Waals surface area contributed by atoms with Crippen molar-refractivity contribution in [3.63, 3.8) is 0 Å². The lowest BCUT2D eigenvalue weighted by Gasteiger charge is -2.31. The highest BCUT2D eigenvalue weighted by atomic mass is 32.2.